The van der Waals surface area contributed by atoms with E-state index in [1.807, 2.05) is 19.1 Å². The highest BCUT2D eigenvalue weighted by atomic mass is 32.2. The molecule has 0 spiro atoms. The molecule has 2 aromatic heterocycles. The maximum Gasteiger partial charge on any atom is 0.307 e. The second-order valence-corrected chi connectivity index (χ2v) is 8.05. The first kappa shape index (κ1) is 19.3. The molecule has 3 rings (SSSR count). The first-order valence-electron chi connectivity index (χ1n) is 8.28. The Kier molecular flexibility index (Phi) is 6.08. The number of rotatable bonds is 7. The Morgan fingerprint density at radius 3 is 2.70 bits per heavy atom. The Bertz CT molecular complexity index is 1060. The standard InChI is InChI=1S/C19H18N2O4S2/c1-12-7-8-16(27-12)15(22)11-26-19-20-14-6-4-3-5-13(14)18(24)21(19)10-9-17(23)25-2/h3-8H,9-11H2,1-2H3. The molecule has 3 aromatic rings. The first-order valence-corrected chi connectivity index (χ1v) is 10.1. The number of para-hydroxylation sites is 1. The summed E-state index contributed by atoms with van der Waals surface area (Å²) >= 11 is 2.65. The van der Waals surface area contributed by atoms with E-state index in [2.05, 4.69) is 9.72 Å². The van der Waals surface area contributed by atoms with Gasteiger partial charge in [-0.15, -0.1) is 11.3 Å². The van der Waals surface area contributed by atoms with E-state index in [4.69, 9.17) is 0 Å². The lowest BCUT2D eigenvalue weighted by molar-refractivity contribution is -0.140. The van der Waals surface area contributed by atoms with Crippen LogP contribution in [0.4, 0.5) is 0 Å². The van der Waals surface area contributed by atoms with E-state index in [9.17, 15) is 14.4 Å². The fraction of sp³-hybridized carbons (Fsp3) is 0.263. The van der Waals surface area contributed by atoms with Crippen LogP contribution in [0.25, 0.3) is 10.9 Å². The van der Waals surface area contributed by atoms with Crippen molar-refractivity contribution in [3.05, 3.63) is 56.5 Å². The quantitative estimate of drug-likeness (QED) is 0.261. The van der Waals surface area contributed by atoms with Gasteiger partial charge < -0.3 is 4.74 Å². The van der Waals surface area contributed by atoms with Crippen LogP contribution in [0.15, 0.2) is 46.3 Å². The Labute approximate surface area is 164 Å². The van der Waals surface area contributed by atoms with E-state index < -0.39 is 5.97 Å². The van der Waals surface area contributed by atoms with Crippen molar-refractivity contribution in [2.75, 3.05) is 12.9 Å². The van der Waals surface area contributed by atoms with Crippen molar-refractivity contribution < 1.29 is 14.3 Å². The molecule has 27 heavy (non-hydrogen) atoms. The Morgan fingerprint density at radius 2 is 2.00 bits per heavy atom. The summed E-state index contributed by atoms with van der Waals surface area (Å²) in [6.07, 6.45) is 0.0576. The highest BCUT2D eigenvalue weighted by molar-refractivity contribution is 7.99. The van der Waals surface area contributed by atoms with Gasteiger partial charge in [0, 0.05) is 11.4 Å². The van der Waals surface area contributed by atoms with E-state index in [0.29, 0.717) is 20.9 Å². The second kappa shape index (κ2) is 8.49. The molecule has 0 saturated heterocycles. The third-order valence-electron chi connectivity index (χ3n) is 3.94. The van der Waals surface area contributed by atoms with Crippen LogP contribution in [0, 0.1) is 6.92 Å². The van der Waals surface area contributed by atoms with Crippen LogP contribution in [-0.4, -0.2) is 34.2 Å². The van der Waals surface area contributed by atoms with Gasteiger partial charge in [-0.2, -0.15) is 0 Å². The molecular formula is C19H18N2O4S2. The Morgan fingerprint density at radius 1 is 1.22 bits per heavy atom. The molecule has 0 N–H and O–H groups in total. The average Bonchev–Trinajstić information content (AvgIpc) is 3.11. The van der Waals surface area contributed by atoms with Crippen LogP contribution in [0.2, 0.25) is 0 Å². The van der Waals surface area contributed by atoms with E-state index in [-0.39, 0.29) is 30.1 Å². The molecule has 0 fully saturated rings. The summed E-state index contributed by atoms with van der Waals surface area (Å²) in [6.45, 7) is 2.10. The molecule has 0 aliphatic heterocycles. The minimum absolute atomic E-state index is 0.0139. The summed E-state index contributed by atoms with van der Waals surface area (Å²) < 4.78 is 6.10. The molecule has 0 bridgehead atoms. The number of ketones is 1. The minimum atomic E-state index is -0.406. The molecule has 140 valence electrons. The molecule has 6 nitrogen and oxygen atoms in total. The van der Waals surface area contributed by atoms with Gasteiger partial charge in [0.2, 0.25) is 0 Å². The molecule has 0 amide bonds. The summed E-state index contributed by atoms with van der Waals surface area (Å²) in [7, 11) is 1.31. The second-order valence-electron chi connectivity index (χ2n) is 5.82. The number of nitrogens with zero attached hydrogens (tertiary/aromatic N) is 2. The molecule has 2 heterocycles. The normalized spacial score (nSPS) is 10.9. The monoisotopic (exact) mass is 402 g/mol. The van der Waals surface area contributed by atoms with Crippen molar-refractivity contribution in [2.24, 2.45) is 0 Å². The zero-order valence-corrected chi connectivity index (χ0v) is 16.6. The molecule has 0 aliphatic rings. The number of thioether (sulfide) groups is 1. The molecule has 0 aliphatic carbocycles. The number of aryl methyl sites for hydroxylation is 1. The largest absolute Gasteiger partial charge is 0.469 e. The van der Waals surface area contributed by atoms with Crippen molar-refractivity contribution >= 4 is 45.8 Å². The summed E-state index contributed by atoms with van der Waals surface area (Å²) in [5.74, 6) is -0.251. The summed E-state index contributed by atoms with van der Waals surface area (Å²) in [5.41, 5.74) is 0.338. The van der Waals surface area contributed by atoms with E-state index in [1.165, 1.54) is 34.8 Å². The SMILES string of the molecule is COC(=O)CCn1c(SCC(=O)c2ccc(C)s2)nc2ccccc2c1=O. The third-order valence-corrected chi connectivity index (χ3v) is 5.96. The maximum absolute atomic E-state index is 12.8. The van der Waals surface area contributed by atoms with E-state index >= 15 is 0 Å². The third kappa shape index (κ3) is 4.45. The van der Waals surface area contributed by atoms with Crippen LogP contribution in [-0.2, 0) is 16.1 Å². The highest BCUT2D eigenvalue weighted by Crippen LogP contribution is 2.22. The summed E-state index contributed by atoms with van der Waals surface area (Å²) in [5, 5.41) is 0.899. The molecule has 8 heteroatoms. The first-order chi connectivity index (χ1) is 13.0. The molecule has 0 radical (unpaired) electrons. The summed E-state index contributed by atoms with van der Waals surface area (Å²) in [6, 6.07) is 10.8. The van der Waals surface area contributed by atoms with Crippen molar-refractivity contribution in [1.29, 1.82) is 0 Å². The smallest absolute Gasteiger partial charge is 0.307 e. The van der Waals surface area contributed by atoms with Gasteiger partial charge in [-0.25, -0.2) is 4.98 Å². The number of methoxy groups -OCH3 is 1. The predicted molar refractivity (Wildman–Crippen MR) is 107 cm³/mol. The lowest BCUT2D eigenvalue weighted by Crippen LogP contribution is -2.25. The van der Waals surface area contributed by atoms with Crippen LogP contribution < -0.4 is 5.56 Å². The molecule has 0 saturated carbocycles. The number of carbonyl (C=O) groups excluding carboxylic acids is 2. The number of Topliss-reactive ketones (excluding diaryl/α,β-unsaturated/α-hetero) is 1. The highest BCUT2D eigenvalue weighted by Gasteiger charge is 2.16. The van der Waals surface area contributed by atoms with Crippen LogP contribution in [0.1, 0.15) is 21.0 Å². The number of esters is 1. The summed E-state index contributed by atoms with van der Waals surface area (Å²) in [4.78, 5) is 43.0. The zero-order chi connectivity index (χ0) is 19.4. The molecular weight excluding hydrogens is 384 g/mol. The zero-order valence-electron chi connectivity index (χ0n) is 14.9. The van der Waals surface area contributed by atoms with E-state index in [1.54, 1.807) is 24.3 Å². The Balaban J connectivity index is 1.90. The average molecular weight is 402 g/mol. The van der Waals surface area contributed by atoms with Crippen molar-refractivity contribution in [2.45, 2.75) is 25.0 Å². The van der Waals surface area contributed by atoms with Gasteiger partial charge in [0.15, 0.2) is 10.9 Å². The van der Waals surface area contributed by atoms with Gasteiger partial charge in [-0.1, -0.05) is 23.9 Å². The number of fused-ring (bicyclic) bond motifs is 1. The molecule has 1 aromatic carbocycles. The van der Waals surface area contributed by atoms with Crippen LogP contribution in [0.5, 0.6) is 0 Å². The topological polar surface area (TPSA) is 78.3 Å². The molecule has 0 unspecified atom stereocenters. The van der Waals surface area contributed by atoms with E-state index in [0.717, 1.165) is 4.88 Å². The lowest BCUT2D eigenvalue weighted by atomic mass is 10.2. The van der Waals surface area contributed by atoms with Crippen molar-refractivity contribution in [1.82, 2.24) is 9.55 Å². The van der Waals surface area contributed by atoms with Gasteiger partial charge in [0.25, 0.3) is 5.56 Å². The van der Waals surface area contributed by atoms with Gasteiger partial charge in [-0.3, -0.25) is 19.0 Å². The number of carbonyl (C=O) groups is 2. The predicted octanol–water partition coefficient (Wildman–Crippen LogP) is 3.30. The van der Waals surface area contributed by atoms with Crippen molar-refractivity contribution in [3.63, 3.8) is 0 Å². The van der Waals surface area contributed by atoms with Gasteiger partial charge >= 0.3 is 5.97 Å². The number of aromatic nitrogens is 2. The number of hydrogen-bond acceptors (Lipinski definition) is 7. The number of ether oxygens (including phenoxy) is 1. The van der Waals surface area contributed by atoms with Gasteiger partial charge in [-0.05, 0) is 31.2 Å². The van der Waals surface area contributed by atoms with Gasteiger partial charge in [0.05, 0.1) is 35.1 Å². The van der Waals surface area contributed by atoms with Crippen LogP contribution in [0.3, 0.4) is 0 Å². The van der Waals surface area contributed by atoms with Gasteiger partial charge in [0.1, 0.15) is 0 Å². The molecule has 0 atom stereocenters. The number of thiophene rings is 1. The minimum Gasteiger partial charge on any atom is -0.469 e. The fourth-order valence-electron chi connectivity index (χ4n) is 2.55. The van der Waals surface area contributed by atoms with Crippen LogP contribution >= 0.6 is 23.1 Å². The maximum atomic E-state index is 12.8. The van der Waals surface area contributed by atoms with Crippen molar-refractivity contribution in [3.8, 4) is 0 Å². The number of benzene rings is 1. The Hall–Kier alpha value is -2.45. The number of hydrogen-bond donors (Lipinski definition) is 0. The lowest BCUT2D eigenvalue weighted by Gasteiger charge is -2.12. The fourth-order valence-corrected chi connectivity index (χ4v) is 4.35.